The molecule has 1 aromatic carbocycles. The minimum absolute atomic E-state index is 0.0525. The molecule has 0 bridgehead atoms. The summed E-state index contributed by atoms with van der Waals surface area (Å²) in [5.74, 6) is -2.17. The SMILES string of the molecule is C/C(=C1\SC(=S)N(CCCCCC(=O)O)C1=O)c1ccc(-c2ccc(F)c(C(F)(F)F)c2)o1. The van der Waals surface area contributed by atoms with Crippen LogP contribution in [0.1, 0.15) is 43.9 Å². The summed E-state index contributed by atoms with van der Waals surface area (Å²) in [4.78, 5) is 25.2. The summed E-state index contributed by atoms with van der Waals surface area (Å²) in [6.07, 6.45) is -3.03. The summed E-state index contributed by atoms with van der Waals surface area (Å²) >= 11 is 6.39. The third-order valence-electron chi connectivity index (χ3n) is 4.99. The van der Waals surface area contributed by atoms with Gasteiger partial charge in [0.1, 0.15) is 21.7 Å². The van der Waals surface area contributed by atoms with Crippen LogP contribution in [0.4, 0.5) is 17.6 Å². The molecule has 0 spiro atoms. The largest absolute Gasteiger partial charge is 0.481 e. The summed E-state index contributed by atoms with van der Waals surface area (Å²) in [6.45, 7) is 2.01. The fraction of sp³-hybridized carbons (Fsp3) is 0.318. The predicted molar refractivity (Wildman–Crippen MR) is 120 cm³/mol. The highest BCUT2D eigenvalue weighted by atomic mass is 32.2. The summed E-state index contributed by atoms with van der Waals surface area (Å²) in [5, 5.41) is 8.68. The normalized spacial score (nSPS) is 16.0. The maximum atomic E-state index is 13.6. The van der Waals surface area contributed by atoms with Crippen LogP contribution in [0.2, 0.25) is 0 Å². The number of aliphatic carboxylic acids is 1. The molecule has 11 heteroatoms. The highest BCUT2D eigenvalue weighted by Gasteiger charge is 2.35. The molecule has 0 radical (unpaired) electrons. The molecule has 3 rings (SSSR count). The van der Waals surface area contributed by atoms with E-state index in [1.165, 1.54) is 23.1 Å². The number of carbonyl (C=O) groups excluding carboxylic acids is 1. The van der Waals surface area contributed by atoms with Crippen molar-refractivity contribution in [2.45, 2.75) is 38.8 Å². The third kappa shape index (κ3) is 5.83. The predicted octanol–water partition coefficient (Wildman–Crippen LogP) is 6.34. The first-order valence-electron chi connectivity index (χ1n) is 9.92. The van der Waals surface area contributed by atoms with E-state index in [1.54, 1.807) is 6.92 Å². The van der Waals surface area contributed by atoms with Crippen LogP contribution in [0.3, 0.4) is 0 Å². The number of alkyl halides is 3. The number of carboxylic acids is 1. The molecule has 1 fully saturated rings. The van der Waals surface area contributed by atoms with Gasteiger partial charge in [-0.2, -0.15) is 13.2 Å². The Hall–Kier alpha value is -2.66. The number of furan rings is 1. The zero-order valence-corrected chi connectivity index (χ0v) is 19.0. The smallest absolute Gasteiger partial charge is 0.419 e. The van der Waals surface area contributed by atoms with Crippen molar-refractivity contribution < 1.29 is 36.7 Å². The van der Waals surface area contributed by atoms with E-state index in [-0.39, 0.29) is 29.4 Å². The number of hydrogen-bond donors (Lipinski definition) is 1. The standard InChI is InChI=1S/C22H19F4NO4S2/c1-12(19-20(30)27(21(32)33-19)10-4-2-3-5-18(28)29)16-8-9-17(31-16)13-6-7-15(23)14(11-13)22(24,25)26/h6-9,11H,2-5,10H2,1H3,(H,28,29)/b19-12+. The summed E-state index contributed by atoms with van der Waals surface area (Å²) in [6, 6.07) is 5.58. The summed E-state index contributed by atoms with van der Waals surface area (Å²) < 4.78 is 58.6. The molecule has 0 saturated carbocycles. The molecular formula is C22H19F4NO4S2. The lowest BCUT2D eigenvalue weighted by molar-refractivity contribution is -0.140. The number of allylic oxidation sites excluding steroid dienone is 1. The Morgan fingerprint density at radius 3 is 2.58 bits per heavy atom. The first-order chi connectivity index (χ1) is 15.5. The molecule has 0 unspecified atom stereocenters. The van der Waals surface area contributed by atoms with Gasteiger partial charge < -0.3 is 9.52 Å². The number of unbranched alkanes of at least 4 members (excludes halogenated alkanes) is 2. The Labute approximate surface area is 196 Å². The van der Waals surface area contributed by atoms with E-state index < -0.39 is 23.5 Å². The van der Waals surface area contributed by atoms with Crippen LogP contribution in [0.15, 0.2) is 39.7 Å². The van der Waals surface area contributed by atoms with Crippen molar-refractivity contribution in [1.82, 2.24) is 4.90 Å². The lowest BCUT2D eigenvalue weighted by Crippen LogP contribution is -2.29. The highest BCUT2D eigenvalue weighted by Crippen LogP contribution is 2.39. The molecule has 1 amide bonds. The van der Waals surface area contributed by atoms with E-state index in [2.05, 4.69) is 0 Å². The second-order valence-corrected chi connectivity index (χ2v) is 8.98. The minimum atomic E-state index is -4.84. The number of thiocarbonyl (C=S) groups is 1. The summed E-state index contributed by atoms with van der Waals surface area (Å²) in [5.41, 5.74) is -0.860. The molecule has 1 aromatic heterocycles. The molecule has 1 aliphatic heterocycles. The van der Waals surface area contributed by atoms with Crippen molar-refractivity contribution in [3.63, 3.8) is 0 Å². The maximum absolute atomic E-state index is 13.6. The van der Waals surface area contributed by atoms with Crippen LogP contribution in [-0.4, -0.2) is 32.7 Å². The number of amides is 1. The molecule has 1 N–H and O–H groups in total. The van der Waals surface area contributed by atoms with Gasteiger partial charge in [0, 0.05) is 24.1 Å². The zero-order chi connectivity index (χ0) is 24.3. The fourth-order valence-corrected chi connectivity index (χ4v) is 4.58. The van der Waals surface area contributed by atoms with Gasteiger partial charge in [0.2, 0.25) is 0 Å². The molecule has 33 heavy (non-hydrogen) atoms. The first-order valence-corrected chi connectivity index (χ1v) is 11.1. The Balaban J connectivity index is 1.76. The van der Waals surface area contributed by atoms with Gasteiger partial charge in [-0.15, -0.1) is 0 Å². The Kier molecular flexibility index (Phi) is 7.63. The molecule has 1 saturated heterocycles. The van der Waals surface area contributed by atoms with E-state index in [9.17, 15) is 27.2 Å². The first kappa shape index (κ1) is 25.0. The number of carbonyl (C=O) groups is 2. The number of rotatable bonds is 8. The van der Waals surface area contributed by atoms with Gasteiger partial charge in [0.15, 0.2) is 0 Å². The number of benzene rings is 1. The zero-order valence-electron chi connectivity index (χ0n) is 17.4. The molecule has 0 aliphatic carbocycles. The van der Waals surface area contributed by atoms with Crippen LogP contribution < -0.4 is 0 Å². The van der Waals surface area contributed by atoms with Crippen molar-refractivity contribution in [1.29, 1.82) is 0 Å². The van der Waals surface area contributed by atoms with E-state index in [1.807, 2.05) is 0 Å². The van der Waals surface area contributed by atoms with E-state index in [0.29, 0.717) is 46.7 Å². The Morgan fingerprint density at radius 2 is 1.91 bits per heavy atom. The number of halogens is 4. The maximum Gasteiger partial charge on any atom is 0.419 e. The van der Waals surface area contributed by atoms with E-state index in [4.69, 9.17) is 21.7 Å². The van der Waals surface area contributed by atoms with Crippen molar-refractivity contribution in [3.05, 3.63) is 52.4 Å². The topological polar surface area (TPSA) is 70.8 Å². The average molecular weight is 502 g/mol. The quantitative estimate of drug-likeness (QED) is 0.197. The fourth-order valence-electron chi connectivity index (χ4n) is 3.25. The summed E-state index contributed by atoms with van der Waals surface area (Å²) in [7, 11) is 0. The lowest BCUT2D eigenvalue weighted by atomic mass is 10.1. The van der Waals surface area contributed by atoms with Gasteiger partial charge >= 0.3 is 12.1 Å². The van der Waals surface area contributed by atoms with Gasteiger partial charge in [-0.05, 0) is 50.1 Å². The number of hydrogen-bond acceptors (Lipinski definition) is 5. The number of carboxylic acid groups (broad SMARTS) is 1. The van der Waals surface area contributed by atoms with Crippen LogP contribution >= 0.6 is 24.0 Å². The molecule has 2 heterocycles. The molecule has 176 valence electrons. The van der Waals surface area contributed by atoms with Gasteiger partial charge in [-0.3, -0.25) is 14.5 Å². The van der Waals surface area contributed by atoms with Gasteiger partial charge in [0.25, 0.3) is 5.91 Å². The van der Waals surface area contributed by atoms with Crippen LogP contribution in [0, 0.1) is 5.82 Å². The molecular weight excluding hydrogens is 482 g/mol. The van der Waals surface area contributed by atoms with Gasteiger partial charge in [-0.1, -0.05) is 30.4 Å². The van der Waals surface area contributed by atoms with Crippen molar-refractivity contribution in [3.8, 4) is 11.3 Å². The highest BCUT2D eigenvalue weighted by molar-refractivity contribution is 8.26. The molecule has 5 nitrogen and oxygen atoms in total. The van der Waals surface area contributed by atoms with Crippen molar-refractivity contribution >= 4 is 45.7 Å². The molecule has 2 aromatic rings. The second-order valence-electron chi connectivity index (χ2n) is 7.34. The second kappa shape index (κ2) is 10.1. The van der Waals surface area contributed by atoms with Crippen LogP contribution in [0.5, 0.6) is 0 Å². The van der Waals surface area contributed by atoms with Crippen LogP contribution in [0.25, 0.3) is 16.9 Å². The molecule has 0 atom stereocenters. The van der Waals surface area contributed by atoms with Crippen LogP contribution in [-0.2, 0) is 15.8 Å². The van der Waals surface area contributed by atoms with Gasteiger partial charge in [0.05, 0.1) is 10.5 Å². The van der Waals surface area contributed by atoms with E-state index >= 15 is 0 Å². The third-order valence-corrected chi connectivity index (χ3v) is 6.54. The Bertz CT molecular complexity index is 1120. The number of nitrogens with zero attached hydrogens (tertiary/aromatic N) is 1. The van der Waals surface area contributed by atoms with Crippen molar-refractivity contribution in [2.24, 2.45) is 0 Å². The monoisotopic (exact) mass is 501 g/mol. The minimum Gasteiger partial charge on any atom is -0.481 e. The van der Waals surface area contributed by atoms with E-state index in [0.717, 1.165) is 17.8 Å². The van der Waals surface area contributed by atoms with Gasteiger partial charge in [-0.25, -0.2) is 4.39 Å². The number of thioether (sulfide) groups is 1. The molecule has 1 aliphatic rings. The average Bonchev–Trinajstić information content (AvgIpc) is 3.32. The lowest BCUT2D eigenvalue weighted by Gasteiger charge is -2.14. The Morgan fingerprint density at radius 1 is 1.18 bits per heavy atom. The van der Waals surface area contributed by atoms with Crippen molar-refractivity contribution in [2.75, 3.05) is 6.54 Å².